The molecular weight excluding hydrogens is 340 g/mol. The highest BCUT2D eigenvalue weighted by atomic mass is 16.3. The summed E-state index contributed by atoms with van der Waals surface area (Å²) in [5, 5.41) is 10.1. The van der Waals surface area contributed by atoms with E-state index in [4.69, 9.17) is 0 Å². The normalized spacial score (nSPS) is 29.8. The van der Waals surface area contributed by atoms with Gasteiger partial charge >= 0.3 is 0 Å². The Bertz CT molecular complexity index is 793. The van der Waals surface area contributed by atoms with Crippen molar-refractivity contribution in [1.82, 2.24) is 0 Å². The lowest BCUT2D eigenvalue weighted by molar-refractivity contribution is 0.0359. The van der Waals surface area contributed by atoms with E-state index in [1.165, 1.54) is 56.1 Å². The summed E-state index contributed by atoms with van der Waals surface area (Å²) in [6.45, 7) is 2.24. The van der Waals surface area contributed by atoms with Gasteiger partial charge in [-0.25, -0.2) is 0 Å². The lowest BCUT2D eigenvalue weighted by Gasteiger charge is -2.55. The molecule has 4 rings (SSSR count). The predicted octanol–water partition coefficient (Wildman–Crippen LogP) is 7.06. The fourth-order valence-electron chi connectivity index (χ4n) is 6.15. The van der Waals surface area contributed by atoms with Crippen molar-refractivity contribution in [3.8, 4) is 5.75 Å². The second-order valence-electron chi connectivity index (χ2n) is 8.95. The second-order valence-corrected chi connectivity index (χ2v) is 8.95. The first-order valence-electron chi connectivity index (χ1n) is 11.2. The summed E-state index contributed by atoms with van der Waals surface area (Å²) in [4.78, 5) is 0. The van der Waals surface area contributed by atoms with Gasteiger partial charge in [-0.3, -0.25) is 0 Å². The molecule has 2 bridgehead atoms. The Morgan fingerprint density at radius 3 is 2.68 bits per heavy atom. The molecule has 2 aromatic carbocycles. The first kappa shape index (κ1) is 19.3. The van der Waals surface area contributed by atoms with Crippen molar-refractivity contribution in [2.24, 2.45) is 17.8 Å². The SMILES string of the molecule is CC/C=C\[C@H]1[C@@H]2CCC[C@@]1(c1cccc(O)c1)CCC2CCc1ccccc1. The van der Waals surface area contributed by atoms with Gasteiger partial charge in [0.15, 0.2) is 0 Å². The van der Waals surface area contributed by atoms with Crippen molar-refractivity contribution in [2.45, 2.75) is 63.7 Å². The molecule has 0 radical (unpaired) electrons. The first-order chi connectivity index (χ1) is 13.7. The van der Waals surface area contributed by atoms with Crippen LogP contribution in [0.4, 0.5) is 0 Å². The Labute approximate surface area is 170 Å². The maximum Gasteiger partial charge on any atom is 0.115 e. The molecule has 1 unspecified atom stereocenters. The Morgan fingerprint density at radius 2 is 1.89 bits per heavy atom. The van der Waals surface area contributed by atoms with Crippen molar-refractivity contribution >= 4 is 0 Å². The van der Waals surface area contributed by atoms with Crippen LogP contribution in [0.3, 0.4) is 0 Å². The van der Waals surface area contributed by atoms with Crippen LogP contribution >= 0.6 is 0 Å². The number of allylic oxidation sites excluding steroid dienone is 2. The van der Waals surface area contributed by atoms with Crippen molar-refractivity contribution in [3.05, 3.63) is 77.9 Å². The van der Waals surface area contributed by atoms with Crippen molar-refractivity contribution in [2.75, 3.05) is 0 Å². The van der Waals surface area contributed by atoms with Crippen LogP contribution in [-0.2, 0) is 11.8 Å². The van der Waals surface area contributed by atoms with Crippen molar-refractivity contribution in [1.29, 1.82) is 0 Å². The monoisotopic (exact) mass is 374 g/mol. The third kappa shape index (κ3) is 3.77. The fraction of sp³-hybridized carbons (Fsp3) is 0.481. The van der Waals surface area contributed by atoms with Crippen LogP contribution in [0.5, 0.6) is 5.75 Å². The standard InChI is InChI=1S/C27H34O/c1-2-3-14-26-25-13-8-18-27(26,23-11-7-12-24(28)20-23)19-17-22(25)16-15-21-9-5-4-6-10-21/h3-7,9-12,14,20,22,25-26,28H,2,8,13,15-19H2,1H3/b14-3-/t22?,25-,26+,27+/m1/s1. The smallest absolute Gasteiger partial charge is 0.115 e. The van der Waals surface area contributed by atoms with Gasteiger partial charge in [0.2, 0.25) is 0 Å². The second kappa shape index (κ2) is 8.55. The van der Waals surface area contributed by atoms with Crippen LogP contribution in [0, 0.1) is 17.8 Å². The minimum atomic E-state index is 0.219. The van der Waals surface area contributed by atoms with Gasteiger partial charge in [-0.2, -0.15) is 0 Å². The minimum Gasteiger partial charge on any atom is -0.508 e. The summed E-state index contributed by atoms with van der Waals surface area (Å²) in [7, 11) is 0. The van der Waals surface area contributed by atoms with Crippen LogP contribution in [-0.4, -0.2) is 5.11 Å². The fourth-order valence-corrected chi connectivity index (χ4v) is 6.15. The van der Waals surface area contributed by atoms with Gasteiger partial charge in [-0.1, -0.05) is 68.0 Å². The molecule has 1 N–H and O–H groups in total. The van der Waals surface area contributed by atoms with E-state index in [-0.39, 0.29) is 5.41 Å². The van der Waals surface area contributed by atoms with Crippen LogP contribution < -0.4 is 0 Å². The highest BCUT2D eigenvalue weighted by Crippen LogP contribution is 2.58. The Balaban J connectivity index is 1.60. The summed E-state index contributed by atoms with van der Waals surface area (Å²) in [6.07, 6.45) is 15.1. The third-order valence-electron chi connectivity index (χ3n) is 7.47. The molecule has 2 fully saturated rings. The van der Waals surface area contributed by atoms with Gasteiger partial charge in [0.05, 0.1) is 0 Å². The number of rotatable bonds is 6. The highest BCUT2D eigenvalue weighted by Gasteiger charge is 2.50. The van der Waals surface area contributed by atoms with E-state index in [1.807, 2.05) is 18.2 Å². The minimum absolute atomic E-state index is 0.219. The first-order valence-corrected chi connectivity index (χ1v) is 11.2. The van der Waals surface area contributed by atoms with Crippen LogP contribution in [0.15, 0.2) is 66.7 Å². The van der Waals surface area contributed by atoms with E-state index >= 15 is 0 Å². The molecule has 0 aliphatic heterocycles. The molecule has 2 saturated carbocycles. The molecule has 2 aliphatic carbocycles. The molecule has 0 spiro atoms. The predicted molar refractivity (Wildman–Crippen MR) is 118 cm³/mol. The third-order valence-corrected chi connectivity index (χ3v) is 7.47. The zero-order chi connectivity index (χ0) is 19.4. The number of aromatic hydroxyl groups is 1. The molecular formula is C27H34O. The van der Waals surface area contributed by atoms with E-state index in [2.05, 4.69) is 55.5 Å². The number of phenolic OH excluding ortho intramolecular Hbond substituents is 1. The summed E-state index contributed by atoms with van der Waals surface area (Å²) in [5.74, 6) is 2.62. The van der Waals surface area contributed by atoms with E-state index in [9.17, 15) is 5.11 Å². The largest absolute Gasteiger partial charge is 0.508 e. The van der Waals surface area contributed by atoms with Crippen LogP contribution in [0.2, 0.25) is 0 Å². The average molecular weight is 375 g/mol. The van der Waals surface area contributed by atoms with Gasteiger partial charge < -0.3 is 5.11 Å². The van der Waals surface area contributed by atoms with Gasteiger partial charge in [-0.05, 0) is 86.0 Å². The maximum absolute atomic E-state index is 10.1. The quantitative estimate of drug-likeness (QED) is 0.537. The summed E-state index contributed by atoms with van der Waals surface area (Å²) in [5.41, 5.74) is 3.06. The molecule has 0 saturated heterocycles. The summed E-state index contributed by atoms with van der Waals surface area (Å²) in [6, 6.07) is 19.1. The lowest BCUT2D eigenvalue weighted by atomic mass is 9.49. The van der Waals surface area contributed by atoms with E-state index in [1.54, 1.807) is 0 Å². The van der Waals surface area contributed by atoms with E-state index in [0.29, 0.717) is 11.7 Å². The number of phenols is 1. The number of benzene rings is 2. The summed E-state index contributed by atoms with van der Waals surface area (Å²) >= 11 is 0. The van der Waals surface area contributed by atoms with Gasteiger partial charge in [-0.15, -0.1) is 0 Å². The molecule has 4 atom stereocenters. The molecule has 28 heavy (non-hydrogen) atoms. The van der Waals surface area contributed by atoms with Crippen molar-refractivity contribution in [3.63, 3.8) is 0 Å². The van der Waals surface area contributed by atoms with Gasteiger partial charge in [0, 0.05) is 5.41 Å². The molecule has 2 aromatic rings. The zero-order valence-corrected chi connectivity index (χ0v) is 17.2. The molecule has 0 aromatic heterocycles. The van der Waals surface area contributed by atoms with E-state index in [0.717, 1.165) is 18.3 Å². The Hall–Kier alpha value is -2.02. The molecule has 0 amide bonds. The summed E-state index contributed by atoms with van der Waals surface area (Å²) < 4.78 is 0. The molecule has 0 heterocycles. The van der Waals surface area contributed by atoms with Gasteiger partial charge in [0.1, 0.15) is 5.75 Å². The topological polar surface area (TPSA) is 20.2 Å². The molecule has 1 heteroatoms. The maximum atomic E-state index is 10.1. The molecule has 148 valence electrons. The molecule has 1 nitrogen and oxygen atoms in total. The number of aryl methyl sites for hydroxylation is 1. The molecule has 2 aliphatic rings. The lowest BCUT2D eigenvalue weighted by Crippen LogP contribution is -2.48. The van der Waals surface area contributed by atoms with E-state index < -0.39 is 0 Å². The Morgan fingerprint density at radius 1 is 1.04 bits per heavy atom. The van der Waals surface area contributed by atoms with Gasteiger partial charge in [0.25, 0.3) is 0 Å². The number of fused-ring (bicyclic) bond motifs is 2. The highest BCUT2D eigenvalue weighted by molar-refractivity contribution is 5.36. The van der Waals surface area contributed by atoms with Crippen LogP contribution in [0.25, 0.3) is 0 Å². The Kier molecular flexibility index (Phi) is 5.90. The zero-order valence-electron chi connectivity index (χ0n) is 17.2. The average Bonchev–Trinajstić information content (AvgIpc) is 2.72. The number of hydrogen-bond acceptors (Lipinski definition) is 1. The van der Waals surface area contributed by atoms with Crippen LogP contribution in [0.1, 0.15) is 63.0 Å². The number of hydrogen-bond donors (Lipinski definition) is 1. The van der Waals surface area contributed by atoms with Crippen molar-refractivity contribution < 1.29 is 5.11 Å².